The topological polar surface area (TPSA) is 89.3 Å². The Morgan fingerprint density at radius 2 is 2.19 bits per heavy atom. The first-order valence-electron chi connectivity index (χ1n) is 6.36. The van der Waals surface area contributed by atoms with Crippen molar-refractivity contribution in [3.8, 4) is 0 Å². The summed E-state index contributed by atoms with van der Waals surface area (Å²) in [5.74, 6) is -0.430. The molecule has 0 fully saturated rings. The highest BCUT2D eigenvalue weighted by Gasteiger charge is 2.25. The van der Waals surface area contributed by atoms with E-state index in [1.54, 1.807) is 0 Å². The third-order valence-electron chi connectivity index (χ3n) is 3.33. The van der Waals surface area contributed by atoms with Gasteiger partial charge in [-0.1, -0.05) is 11.6 Å². The molecule has 2 aromatic rings. The Bertz CT molecular complexity index is 866. The van der Waals surface area contributed by atoms with Gasteiger partial charge in [0, 0.05) is 15.5 Å². The molecule has 0 spiro atoms. The summed E-state index contributed by atoms with van der Waals surface area (Å²) in [6.07, 6.45) is 1.49. The van der Waals surface area contributed by atoms with Gasteiger partial charge in [-0.15, -0.1) is 11.3 Å². The maximum atomic E-state index is 12.3. The van der Waals surface area contributed by atoms with Crippen LogP contribution in [-0.2, 0) is 9.84 Å². The molecule has 1 aromatic heterocycles. The van der Waals surface area contributed by atoms with Crippen molar-refractivity contribution in [2.45, 2.75) is 13.0 Å². The molecule has 7 heteroatoms. The van der Waals surface area contributed by atoms with Gasteiger partial charge in [-0.05, 0) is 25.1 Å². The van der Waals surface area contributed by atoms with E-state index in [1.165, 1.54) is 17.4 Å². The second-order valence-corrected chi connectivity index (χ2v) is 8.07. The van der Waals surface area contributed by atoms with Gasteiger partial charge in [0.15, 0.2) is 9.84 Å². The van der Waals surface area contributed by atoms with Crippen LogP contribution in [0.1, 0.15) is 15.2 Å². The number of nitrogen functional groups attached to an aromatic ring is 1. The first kappa shape index (κ1) is 14.1. The molecule has 1 atom stereocenters. The van der Waals surface area contributed by atoms with Gasteiger partial charge in [-0.25, -0.2) is 8.42 Å². The second-order valence-electron chi connectivity index (χ2n) is 5.08. The number of nitrogens with two attached hydrogens (primary N) is 1. The van der Waals surface area contributed by atoms with Gasteiger partial charge in [-0.2, -0.15) is 0 Å². The van der Waals surface area contributed by atoms with Crippen LogP contribution in [-0.4, -0.2) is 26.1 Å². The monoisotopic (exact) mass is 322 g/mol. The van der Waals surface area contributed by atoms with Gasteiger partial charge in [0.25, 0.3) is 5.91 Å². The number of hydrogen-bond acceptors (Lipinski definition) is 5. The lowest BCUT2D eigenvalue weighted by Gasteiger charge is -2.09. The molecule has 3 rings (SSSR count). The van der Waals surface area contributed by atoms with Gasteiger partial charge in [0.2, 0.25) is 0 Å². The zero-order chi connectivity index (χ0) is 15.2. The number of anilines is 1. The molecule has 1 aliphatic heterocycles. The summed E-state index contributed by atoms with van der Waals surface area (Å²) in [5.41, 5.74) is 7.57. The number of nitrogens with one attached hydrogen (secondary N) is 1. The van der Waals surface area contributed by atoms with Crippen LogP contribution >= 0.6 is 11.3 Å². The van der Waals surface area contributed by atoms with Crippen LogP contribution in [0.15, 0.2) is 29.7 Å². The van der Waals surface area contributed by atoms with E-state index >= 15 is 0 Å². The fourth-order valence-electron chi connectivity index (χ4n) is 2.30. The van der Waals surface area contributed by atoms with Crippen molar-refractivity contribution in [1.29, 1.82) is 0 Å². The molecule has 3 N–H and O–H groups in total. The van der Waals surface area contributed by atoms with E-state index in [2.05, 4.69) is 5.32 Å². The highest BCUT2D eigenvalue weighted by molar-refractivity contribution is 7.94. The van der Waals surface area contributed by atoms with Crippen molar-refractivity contribution in [1.82, 2.24) is 5.32 Å². The average Bonchev–Trinajstić information content (AvgIpc) is 2.90. The minimum atomic E-state index is -3.19. The molecule has 0 saturated carbocycles. The Kier molecular flexibility index (Phi) is 3.26. The fourth-order valence-corrected chi connectivity index (χ4v) is 4.54. The van der Waals surface area contributed by atoms with Gasteiger partial charge < -0.3 is 11.1 Å². The minimum Gasteiger partial charge on any atom is -0.397 e. The first-order chi connectivity index (χ1) is 9.85. The maximum absolute atomic E-state index is 12.3. The van der Waals surface area contributed by atoms with E-state index in [9.17, 15) is 13.2 Å². The van der Waals surface area contributed by atoms with E-state index in [0.717, 1.165) is 21.1 Å². The average molecular weight is 322 g/mol. The minimum absolute atomic E-state index is 0.0946. The summed E-state index contributed by atoms with van der Waals surface area (Å²) in [6.45, 7) is 1.96. The lowest BCUT2D eigenvalue weighted by molar-refractivity contribution is 0.0952. The maximum Gasteiger partial charge on any atom is 0.264 e. The number of thiophene rings is 1. The third-order valence-corrected chi connectivity index (χ3v) is 5.92. The first-order valence-corrected chi connectivity index (χ1v) is 8.89. The molecule has 0 radical (unpaired) electrons. The Morgan fingerprint density at radius 3 is 2.86 bits per heavy atom. The van der Waals surface area contributed by atoms with Crippen LogP contribution in [0.3, 0.4) is 0 Å². The molecule has 1 unspecified atom stereocenters. The Morgan fingerprint density at radius 1 is 1.43 bits per heavy atom. The smallest absolute Gasteiger partial charge is 0.264 e. The van der Waals surface area contributed by atoms with Crippen molar-refractivity contribution >= 4 is 42.9 Å². The Labute approximate surface area is 126 Å². The number of sulfone groups is 1. The SMILES string of the molecule is Cc1ccc2sc(C(=O)NC3C=CS(=O)(=O)C3)c(N)c2c1. The zero-order valence-corrected chi connectivity index (χ0v) is 12.9. The summed E-state index contributed by atoms with van der Waals surface area (Å²) in [7, 11) is -3.19. The van der Waals surface area contributed by atoms with Crippen molar-refractivity contribution < 1.29 is 13.2 Å². The number of benzene rings is 1. The van der Waals surface area contributed by atoms with Gasteiger partial charge in [-0.3, -0.25) is 4.79 Å². The van der Waals surface area contributed by atoms with Crippen LogP contribution in [0.5, 0.6) is 0 Å². The predicted octanol–water partition coefficient (Wildman–Crippen LogP) is 1.83. The quantitative estimate of drug-likeness (QED) is 0.883. The molecule has 1 amide bonds. The van der Waals surface area contributed by atoms with Crippen molar-refractivity contribution in [3.05, 3.63) is 40.1 Å². The number of hydrogen-bond donors (Lipinski definition) is 2. The standard InChI is InChI=1S/C14H14N2O3S2/c1-8-2-3-11-10(6-8)12(15)13(20-11)14(17)16-9-4-5-21(18,19)7-9/h2-6,9H,7,15H2,1H3,(H,16,17). The summed E-state index contributed by atoms with van der Waals surface area (Å²) in [5, 5.41) is 4.69. The summed E-state index contributed by atoms with van der Waals surface area (Å²) >= 11 is 1.31. The van der Waals surface area contributed by atoms with Gasteiger partial charge >= 0.3 is 0 Å². The lowest BCUT2D eigenvalue weighted by Crippen LogP contribution is -2.35. The summed E-state index contributed by atoms with van der Waals surface area (Å²) < 4.78 is 23.6. The molecule has 0 aliphatic carbocycles. The number of carbonyl (C=O) groups excluding carboxylic acids is 1. The van der Waals surface area contributed by atoms with E-state index in [4.69, 9.17) is 5.73 Å². The van der Waals surface area contributed by atoms with Gasteiger partial charge in [0.05, 0.1) is 17.5 Å². The highest BCUT2D eigenvalue weighted by atomic mass is 32.2. The normalized spacial score (nSPS) is 20.0. The van der Waals surface area contributed by atoms with E-state index in [-0.39, 0.29) is 11.7 Å². The van der Waals surface area contributed by atoms with E-state index in [1.807, 2.05) is 25.1 Å². The van der Waals surface area contributed by atoms with Crippen LogP contribution in [0.25, 0.3) is 10.1 Å². The molecule has 1 aliphatic rings. The molecule has 1 aromatic carbocycles. The molecular weight excluding hydrogens is 308 g/mol. The van der Waals surface area contributed by atoms with E-state index < -0.39 is 15.9 Å². The third kappa shape index (κ3) is 2.66. The van der Waals surface area contributed by atoms with Crippen LogP contribution in [0.2, 0.25) is 0 Å². The Hall–Kier alpha value is -1.86. The molecule has 110 valence electrons. The summed E-state index contributed by atoms with van der Waals surface area (Å²) in [4.78, 5) is 12.7. The van der Waals surface area contributed by atoms with Gasteiger partial charge in [0.1, 0.15) is 4.88 Å². The lowest BCUT2D eigenvalue weighted by atomic mass is 10.1. The highest BCUT2D eigenvalue weighted by Crippen LogP contribution is 2.34. The predicted molar refractivity (Wildman–Crippen MR) is 85.2 cm³/mol. The van der Waals surface area contributed by atoms with Crippen LogP contribution in [0.4, 0.5) is 5.69 Å². The van der Waals surface area contributed by atoms with Crippen molar-refractivity contribution in [3.63, 3.8) is 0 Å². The Balaban J connectivity index is 1.89. The second kappa shape index (κ2) is 4.85. The molecule has 0 saturated heterocycles. The molecule has 5 nitrogen and oxygen atoms in total. The zero-order valence-electron chi connectivity index (χ0n) is 11.3. The van der Waals surface area contributed by atoms with E-state index in [0.29, 0.717) is 10.6 Å². The molecule has 0 bridgehead atoms. The number of rotatable bonds is 2. The fraction of sp³-hybridized carbons (Fsp3) is 0.214. The van der Waals surface area contributed by atoms with Crippen LogP contribution in [0, 0.1) is 6.92 Å². The number of aryl methyl sites for hydroxylation is 1. The number of amides is 1. The van der Waals surface area contributed by atoms with Crippen LogP contribution < -0.4 is 11.1 Å². The van der Waals surface area contributed by atoms with Crippen molar-refractivity contribution in [2.24, 2.45) is 0 Å². The molecule has 2 heterocycles. The number of fused-ring (bicyclic) bond motifs is 1. The summed E-state index contributed by atoms with van der Waals surface area (Å²) in [6, 6.07) is 5.35. The number of carbonyl (C=O) groups is 1. The largest absolute Gasteiger partial charge is 0.397 e. The molecular formula is C14H14N2O3S2. The van der Waals surface area contributed by atoms with Crippen molar-refractivity contribution in [2.75, 3.05) is 11.5 Å². The molecule has 21 heavy (non-hydrogen) atoms.